The summed E-state index contributed by atoms with van der Waals surface area (Å²) < 4.78 is 3.27. The van der Waals surface area contributed by atoms with Gasteiger partial charge in [-0.05, 0) is 19.1 Å². The molecule has 0 bridgehead atoms. The summed E-state index contributed by atoms with van der Waals surface area (Å²) in [5, 5.41) is 0. The quantitative estimate of drug-likeness (QED) is 0.711. The van der Waals surface area contributed by atoms with Gasteiger partial charge in [-0.2, -0.15) is 0 Å². The number of nitrogens with zero attached hydrogens (tertiary/aromatic N) is 4. The predicted molar refractivity (Wildman–Crippen MR) is 92.2 cm³/mol. The SMILES string of the molecule is CCN(Cc1cnc2ccccn12)C(=O)CCn1ccc(=O)[nH]c1=O. The molecule has 0 aromatic carbocycles. The van der Waals surface area contributed by atoms with Crippen molar-refractivity contribution in [1.29, 1.82) is 0 Å². The van der Waals surface area contributed by atoms with E-state index in [2.05, 4.69) is 9.97 Å². The summed E-state index contributed by atoms with van der Waals surface area (Å²) in [5.41, 5.74) is 0.799. The number of H-pyrrole nitrogens is 1. The van der Waals surface area contributed by atoms with Crippen molar-refractivity contribution in [1.82, 2.24) is 23.8 Å². The third-order valence-electron chi connectivity index (χ3n) is 4.04. The maximum atomic E-state index is 12.5. The molecule has 3 rings (SSSR count). The zero-order valence-corrected chi connectivity index (χ0v) is 13.9. The van der Waals surface area contributed by atoms with E-state index in [1.165, 1.54) is 16.8 Å². The summed E-state index contributed by atoms with van der Waals surface area (Å²) in [5.74, 6) is -0.0634. The van der Waals surface area contributed by atoms with Gasteiger partial charge in [0.25, 0.3) is 5.56 Å². The minimum atomic E-state index is -0.509. The second-order valence-electron chi connectivity index (χ2n) is 5.64. The van der Waals surface area contributed by atoms with E-state index >= 15 is 0 Å². The normalized spacial score (nSPS) is 10.9. The fraction of sp³-hybridized carbons (Fsp3) is 0.294. The molecular weight excluding hydrogens is 322 g/mol. The van der Waals surface area contributed by atoms with E-state index in [1.54, 1.807) is 11.1 Å². The molecule has 3 aromatic rings. The molecule has 1 N–H and O–H groups in total. The number of aromatic amines is 1. The minimum Gasteiger partial charge on any atom is -0.337 e. The summed E-state index contributed by atoms with van der Waals surface area (Å²) in [6, 6.07) is 7.00. The summed E-state index contributed by atoms with van der Waals surface area (Å²) in [6.07, 6.45) is 5.25. The van der Waals surface area contributed by atoms with E-state index < -0.39 is 11.2 Å². The Hall–Kier alpha value is -3.16. The molecule has 0 spiro atoms. The molecule has 8 nitrogen and oxygen atoms in total. The molecule has 3 aromatic heterocycles. The van der Waals surface area contributed by atoms with Gasteiger partial charge in [-0.25, -0.2) is 9.78 Å². The molecular formula is C17H19N5O3. The van der Waals surface area contributed by atoms with Gasteiger partial charge in [-0.15, -0.1) is 0 Å². The van der Waals surface area contributed by atoms with E-state index in [9.17, 15) is 14.4 Å². The van der Waals surface area contributed by atoms with E-state index in [-0.39, 0.29) is 18.9 Å². The van der Waals surface area contributed by atoms with Crippen LogP contribution in [0.3, 0.4) is 0 Å². The molecule has 0 aliphatic heterocycles. The lowest BCUT2D eigenvalue weighted by Crippen LogP contribution is -2.34. The lowest BCUT2D eigenvalue weighted by atomic mass is 10.3. The minimum absolute atomic E-state index is 0.0634. The average Bonchev–Trinajstić information content (AvgIpc) is 3.01. The van der Waals surface area contributed by atoms with E-state index in [4.69, 9.17) is 0 Å². The van der Waals surface area contributed by atoms with Crippen molar-refractivity contribution < 1.29 is 4.79 Å². The zero-order valence-electron chi connectivity index (χ0n) is 13.9. The third-order valence-corrected chi connectivity index (χ3v) is 4.04. The number of carbonyl (C=O) groups is 1. The van der Waals surface area contributed by atoms with Gasteiger partial charge in [0.2, 0.25) is 5.91 Å². The van der Waals surface area contributed by atoms with Crippen molar-refractivity contribution in [3.05, 3.63) is 69.4 Å². The molecule has 0 saturated carbocycles. The van der Waals surface area contributed by atoms with Crippen LogP contribution in [-0.4, -0.2) is 36.3 Å². The summed E-state index contributed by atoms with van der Waals surface area (Å²) >= 11 is 0. The average molecular weight is 341 g/mol. The number of nitrogens with one attached hydrogen (secondary N) is 1. The first-order valence-corrected chi connectivity index (χ1v) is 8.07. The fourth-order valence-corrected chi connectivity index (χ4v) is 2.67. The number of aryl methyl sites for hydroxylation is 1. The maximum absolute atomic E-state index is 12.5. The molecule has 0 atom stereocenters. The molecule has 3 heterocycles. The molecule has 0 aliphatic rings. The van der Waals surface area contributed by atoms with Gasteiger partial charge in [-0.3, -0.25) is 14.6 Å². The van der Waals surface area contributed by atoms with Gasteiger partial charge in [0.1, 0.15) is 5.65 Å². The van der Waals surface area contributed by atoms with Crippen LogP contribution in [0.15, 0.2) is 52.4 Å². The monoisotopic (exact) mass is 341 g/mol. The van der Waals surface area contributed by atoms with Crippen LogP contribution in [0.5, 0.6) is 0 Å². The van der Waals surface area contributed by atoms with Gasteiger partial charge in [0.05, 0.1) is 18.4 Å². The summed E-state index contributed by atoms with van der Waals surface area (Å²) in [7, 11) is 0. The Labute approximate surface area is 143 Å². The molecule has 25 heavy (non-hydrogen) atoms. The Bertz CT molecular complexity index is 1000. The molecule has 0 unspecified atom stereocenters. The number of pyridine rings is 1. The number of rotatable bonds is 6. The molecule has 0 aliphatic carbocycles. The Morgan fingerprint density at radius 3 is 2.84 bits per heavy atom. The highest BCUT2D eigenvalue weighted by atomic mass is 16.2. The smallest absolute Gasteiger partial charge is 0.328 e. The Morgan fingerprint density at radius 1 is 1.24 bits per heavy atom. The Kier molecular flexibility index (Phi) is 4.78. The first-order valence-electron chi connectivity index (χ1n) is 8.07. The predicted octanol–water partition coefficient (Wildman–Crippen LogP) is 0.623. The first kappa shape index (κ1) is 16.7. The number of carbonyl (C=O) groups excluding carboxylic acids is 1. The van der Waals surface area contributed by atoms with E-state index in [0.717, 1.165) is 11.3 Å². The van der Waals surface area contributed by atoms with Crippen molar-refractivity contribution in [3.63, 3.8) is 0 Å². The van der Waals surface area contributed by atoms with Crippen molar-refractivity contribution in [2.75, 3.05) is 6.54 Å². The second-order valence-corrected chi connectivity index (χ2v) is 5.64. The summed E-state index contributed by atoms with van der Waals surface area (Å²) in [4.78, 5) is 43.4. The second kappa shape index (κ2) is 7.16. The van der Waals surface area contributed by atoms with Gasteiger partial charge < -0.3 is 13.9 Å². The number of fused-ring (bicyclic) bond motifs is 1. The Balaban J connectivity index is 1.69. The van der Waals surface area contributed by atoms with Crippen LogP contribution in [0.1, 0.15) is 19.0 Å². The van der Waals surface area contributed by atoms with Crippen LogP contribution in [0.25, 0.3) is 5.65 Å². The van der Waals surface area contributed by atoms with Crippen molar-refractivity contribution in [2.45, 2.75) is 26.4 Å². The van der Waals surface area contributed by atoms with E-state index in [0.29, 0.717) is 13.1 Å². The highest BCUT2D eigenvalue weighted by Crippen LogP contribution is 2.10. The lowest BCUT2D eigenvalue weighted by Gasteiger charge is -2.20. The number of amides is 1. The Morgan fingerprint density at radius 2 is 2.08 bits per heavy atom. The molecule has 8 heteroatoms. The van der Waals surface area contributed by atoms with Crippen molar-refractivity contribution in [2.24, 2.45) is 0 Å². The van der Waals surface area contributed by atoms with Gasteiger partial charge in [-0.1, -0.05) is 6.07 Å². The first-order chi connectivity index (χ1) is 12.1. The fourth-order valence-electron chi connectivity index (χ4n) is 2.67. The van der Waals surface area contributed by atoms with Crippen LogP contribution in [0.4, 0.5) is 0 Å². The lowest BCUT2D eigenvalue weighted by molar-refractivity contribution is -0.131. The number of imidazole rings is 1. The van der Waals surface area contributed by atoms with Crippen LogP contribution in [0, 0.1) is 0 Å². The van der Waals surface area contributed by atoms with Gasteiger partial charge >= 0.3 is 5.69 Å². The number of hydrogen-bond acceptors (Lipinski definition) is 4. The van der Waals surface area contributed by atoms with Crippen LogP contribution in [-0.2, 0) is 17.9 Å². The highest BCUT2D eigenvalue weighted by Gasteiger charge is 2.14. The molecule has 0 saturated heterocycles. The topological polar surface area (TPSA) is 92.5 Å². The van der Waals surface area contributed by atoms with Crippen LogP contribution >= 0.6 is 0 Å². The highest BCUT2D eigenvalue weighted by molar-refractivity contribution is 5.76. The standard InChI is InChI=1S/C17H19N5O3/c1-2-20(12-13-11-18-14-5-3-4-8-22(13)14)16(24)7-10-21-9-6-15(23)19-17(21)25/h3-6,8-9,11H,2,7,10,12H2,1H3,(H,19,23,25). The third kappa shape index (κ3) is 3.68. The maximum Gasteiger partial charge on any atom is 0.328 e. The molecule has 1 amide bonds. The largest absolute Gasteiger partial charge is 0.337 e. The number of hydrogen-bond donors (Lipinski definition) is 1. The van der Waals surface area contributed by atoms with Crippen LogP contribution in [0.2, 0.25) is 0 Å². The van der Waals surface area contributed by atoms with Gasteiger partial charge in [0, 0.05) is 38.0 Å². The molecule has 130 valence electrons. The van der Waals surface area contributed by atoms with Crippen molar-refractivity contribution >= 4 is 11.6 Å². The summed E-state index contributed by atoms with van der Waals surface area (Å²) in [6.45, 7) is 3.13. The van der Waals surface area contributed by atoms with E-state index in [1.807, 2.05) is 35.7 Å². The molecule has 0 radical (unpaired) electrons. The van der Waals surface area contributed by atoms with Crippen molar-refractivity contribution in [3.8, 4) is 0 Å². The number of aromatic nitrogens is 4. The zero-order chi connectivity index (χ0) is 17.8. The van der Waals surface area contributed by atoms with Crippen LogP contribution < -0.4 is 11.2 Å². The van der Waals surface area contributed by atoms with Gasteiger partial charge in [0.15, 0.2) is 0 Å². The molecule has 0 fully saturated rings.